The van der Waals surface area contributed by atoms with Gasteiger partial charge in [-0.25, -0.2) is 0 Å². The van der Waals surface area contributed by atoms with Crippen LogP contribution in [0.15, 0.2) is 27.1 Å². The molecule has 0 atom stereocenters. The number of carbonyl (C=O) groups is 1. The maximum Gasteiger partial charge on any atom is 0.260 e. The van der Waals surface area contributed by atoms with Crippen molar-refractivity contribution in [3.05, 3.63) is 27.1 Å². The molecular formula is C11H13Br2NO3. The first-order valence-electron chi connectivity index (χ1n) is 4.97. The van der Waals surface area contributed by atoms with Crippen molar-refractivity contribution < 1.29 is 14.6 Å². The van der Waals surface area contributed by atoms with E-state index in [0.29, 0.717) is 12.3 Å². The Bertz CT molecular complexity index is 398. The molecule has 1 N–H and O–H groups in total. The van der Waals surface area contributed by atoms with E-state index in [1.54, 1.807) is 13.1 Å². The number of nitrogens with zero attached hydrogens (tertiary/aromatic N) is 1. The van der Waals surface area contributed by atoms with E-state index in [2.05, 4.69) is 31.9 Å². The summed E-state index contributed by atoms with van der Waals surface area (Å²) in [6, 6.07) is 5.45. The molecule has 0 saturated heterocycles. The van der Waals surface area contributed by atoms with Crippen molar-refractivity contribution in [1.29, 1.82) is 0 Å². The van der Waals surface area contributed by atoms with Gasteiger partial charge in [-0.3, -0.25) is 4.79 Å². The number of hydrogen-bond donors (Lipinski definition) is 1. The summed E-state index contributed by atoms with van der Waals surface area (Å²) in [5.74, 6) is 0.438. The Labute approximate surface area is 117 Å². The second-order valence-electron chi connectivity index (χ2n) is 3.40. The number of aliphatic hydroxyl groups is 1. The van der Waals surface area contributed by atoms with Crippen LogP contribution in [0.5, 0.6) is 5.75 Å². The number of ether oxygens (including phenoxy) is 1. The molecule has 0 heterocycles. The lowest BCUT2D eigenvalue weighted by Crippen LogP contribution is -2.33. The van der Waals surface area contributed by atoms with Gasteiger partial charge in [-0.1, -0.05) is 15.9 Å². The Morgan fingerprint density at radius 2 is 2.18 bits per heavy atom. The Morgan fingerprint density at radius 1 is 1.47 bits per heavy atom. The number of amides is 1. The first-order valence-corrected chi connectivity index (χ1v) is 6.56. The molecule has 0 radical (unpaired) electrons. The SMILES string of the molecule is CN(CCO)C(=O)COc1ccc(Br)cc1Br. The van der Waals surface area contributed by atoms with Crippen molar-refractivity contribution in [3.8, 4) is 5.75 Å². The molecule has 1 aromatic rings. The fourth-order valence-electron chi connectivity index (χ4n) is 1.12. The van der Waals surface area contributed by atoms with E-state index in [1.165, 1.54) is 4.90 Å². The minimum absolute atomic E-state index is 0.0449. The van der Waals surface area contributed by atoms with Gasteiger partial charge in [0.15, 0.2) is 6.61 Å². The molecule has 0 unspecified atom stereocenters. The van der Waals surface area contributed by atoms with Crippen LogP contribution < -0.4 is 4.74 Å². The van der Waals surface area contributed by atoms with E-state index in [9.17, 15) is 4.79 Å². The van der Waals surface area contributed by atoms with Crippen LogP contribution in [0.2, 0.25) is 0 Å². The van der Waals surface area contributed by atoms with Crippen LogP contribution in [0.1, 0.15) is 0 Å². The summed E-state index contributed by atoms with van der Waals surface area (Å²) in [6.07, 6.45) is 0. The largest absolute Gasteiger partial charge is 0.483 e. The van der Waals surface area contributed by atoms with Crippen LogP contribution in [0.3, 0.4) is 0 Å². The predicted molar refractivity (Wildman–Crippen MR) is 72.1 cm³/mol. The summed E-state index contributed by atoms with van der Waals surface area (Å²) in [6.45, 7) is 0.213. The Balaban J connectivity index is 2.53. The summed E-state index contributed by atoms with van der Waals surface area (Å²) < 4.78 is 7.09. The van der Waals surface area contributed by atoms with Gasteiger partial charge in [0.2, 0.25) is 0 Å². The summed E-state index contributed by atoms with van der Waals surface area (Å²) >= 11 is 6.68. The smallest absolute Gasteiger partial charge is 0.260 e. The number of aliphatic hydroxyl groups excluding tert-OH is 1. The standard InChI is InChI=1S/C11H13Br2NO3/c1-14(4-5-15)11(16)7-17-10-3-2-8(12)6-9(10)13/h2-3,6,15H,4-5,7H2,1H3. The molecule has 6 heteroatoms. The van der Waals surface area contributed by atoms with Gasteiger partial charge in [0.1, 0.15) is 5.75 Å². The summed E-state index contributed by atoms with van der Waals surface area (Å²) in [5.41, 5.74) is 0. The average molecular weight is 367 g/mol. The molecule has 0 saturated carbocycles. The van der Waals surface area contributed by atoms with E-state index in [0.717, 1.165) is 8.95 Å². The lowest BCUT2D eigenvalue weighted by molar-refractivity contribution is -0.132. The molecule has 0 fully saturated rings. The number of likely N-dealkylation sites (N-methyl/N-ethyl adjacent to an activating group) is 1. The van der Waals surface area contributed by atoms with Crippen molar-refractivity contribution in [3.63, 3.8) is 0 Å². The second kappa shape index (κ2) is 6.98. The molecule has 0 aromatic heterocycles. The molecule has 1 amide bonds. The van der Waals surface area contributed by atoms with E-state index >= 15 is 0 Å². The van der Waals surface area contributed by atoms with E-state index < -0.39 is 0 Å². The third-order valence-corrected chi connectivity index (χ3v) is 3.22. The maximum atomic E-state index is 11.5. The quantitative estimate of drug-likeness (QED) is 0.867. The molecule has 4 nitrogen and oxygen atoms in total. The lowest BCUT2D eigenvalue weighted by atomic mass is 10.3. The second-order valence-corrected chi connectivity index (χ2v) is 5.17. The molecule has 0 aliphatic heterocycles. The van der Waals surface area contributed by atoms with E-state index in [4.69, 9.17) is 9.84 Å². The van der Waals surface area contributed by atoms with Crippen LogP contribution in [-0.2, 0) is 4.79 Å². The first-order chi connectivity index (χ1) is 8.04. The van der Waals surface area contributed by atoms with Crippen LogP contribution in [0, 0.1) is 0 Å². The molecule has 0 spiro atoms. The minimum Gasteiger partial charge on any atom is -0.483 e. The highest BCUT2D eigenvalue weighted by Gasteiger charge is 2.10. The van der Waals surface area contributed by atoms with Gasteiger partial charge in [0, 0.05) is 18.1 Å². The number of benzene rings is 1. The van der Waals surface area contributed by atoms with Crippen molar-refractivity contribution in [1.82, 2.24) is 4.90 Å². The summed E-state index contributed by atoms with van der Waals surface area (Å²) in [4.78, 5) is 13.0. The minimum atomic E-state index is -0.172. The zero-order valence-electron chi connectivity index (χ0n) is 9.32. The zero-order chi connectivity index (χ0) is 12.8. The van der Waals surface area contributed by atoms with Gasteiger partial charge in [0.05, 0.1) is 11.1 Å². The monoisotopic (exact) mass is 365 g/mol. The Kier molecular flexibility index (Phi) is 5.94. The van der Waals surface area contributed by atoms with Crippen molar-refractivity contribution >= 4 is 37.8 Å². The summed E-state index contributed by atoms with van der Waals surface area (Å²) in [5, 5.41) is 8.70. The third-order valence-electron chi connectivity index (χ3n) is 2.11. The third kappa shape index (κ3) is 4.65. The first kappa shape index (κ1) is 14.5. The van der Waals surface area contributed by atoms with Gasteiger partial charge in [-0.2, -0.15) is 0 Å². The van der Waals surface area contributed by atoms with Gasteiger partial charge in [-0.15, -0.1) is 0 Å². The molecule has 94 valence electrons. The van der Waals surface area contributed by atoms with Crippen LogP contribution in [0.25, 0.3) is 0 Å². The average Bonchev–Trinajstić information content (AvgIpc) is 2.27. The number of rotatable bonds is 5. The van der Waals surface area contributed by atoms with E-state index in [1.807, 2.05) is 12.1 Å². The van der Waals surface area contributed by atoms with Gasteiger partial charge >= 0.3 is 0 Å². The molecule has 17 heavy (non-hydrogen) atoms. The molecule has 0 aliphatic carbocycles. The van der Waals surface area contributed by atoms with Crippen LogP contribution >= 0.6 is 31.9 Å². The van der Waals surface area contributed by atoms with Crippen molar-refractivity contribution in [2.24, 2.45) is 0 Å². The Hall–Kier alpha value is -0.590. The van der Waals surface area contributed by atoms with Crippen molar-refractivity contribution in [2.45, 2.75) is 0 Å². The van der Waals surface area contributed by atoms with Crippen LogP contribution in [0.4, 0.5) is 0 Å². The lowest BCUT2D eigenvalue weighted by Gasteiger charge is -2.16. The fourth-order valence-corrected chi connectivity index (χ4v) is 2.28. The highest BCUT2D eigenvalue weighted by Crippen LogP contribution is 2.28. The number of hydrogen-bond acceptors (Lipinski definition) is 3. The highest BCUT2D eigenvalue weighted by atomic mass is 79.9. The van der Waals surface area contributed by atoms with Crippen molar-refractivity contribution in [2.75, 3.05) is 26.8 Å². The molecular weight excluding hydrogens is 354 g/mol. The number of halogens is 2. The van der Waals surface area contributed by atoms with Gasteiger partial charge in [-0.05, 0) is 34.1 Å². The summed E-state index contributed by atoms with van der Waals surface area (Å²) in [7, 11) is 1.62. The Morgan fingerprint density at radius 3 is 2.76 bits per heavy atom. The topological polar surface area (TPSA) is 49.8 Å². The maximum absolute atomic E-state index is 11.5. The van der Waals surface area contributed by atoms with Crippen LogP contribution in [-0.4, -0.2) is 42.7 Å². The van der Waals surface area contributed by atoms with Gasteiger partial charge in [0.25, 0.3) is 5.91 Å². The normalized spacial score (nSPS) is 10.1. The van der Waals surface area contributed by atoms with Gasteiger partial charge < -0.3 is 14.7 Å². The molecule has 1 rings (SSSR count). The molecule has 0 aliphatic rings. The molecule has 1 aromatic carbocycles. The number of carbonyl (C=O) groups excluding carboxylic acids is 1. The predicted octanol–water partition coefficient (Wildman–Crippen LogP) is 2.04. The van der Waals surface area contributed by atoms with E-state index in [-0.39, 0.29) is 19.1 Å². The zero-order valence-corrected chi connectivity index (χ0v) is 12.5. The fraction of sp³-hybridized carbons (Fsp3) is 0.364. The highest BCUT2D eigenvalue weighted by molar-refractivity contribution is 9.11. The molecule has 0 bridgehead atoms.